The van der Waals surface area contributed by atoms with E-state index >= 15 is 0 Å². The number of aromatic nitrogens is 2. The van der Waals surface area contributed by atoms with E-state index in [0.29, 0.717) is 11.4 Å². The SMILES string of the molecule is OB(O)c1cnc(N2CCCS2)nc1. The first kappa shape index (κ1) is 9.76. The number of nitrogens with zero attached hydrogens (tertiary/aromatic N) is 3. The molecule has 1 aromatic heterocycles. The van der Waals surface area contributed by atoms with Gasteiger partial charge >= 0.3 is 7.12 Å². The summed E-state index contributed by atoms with van der Waals surface area (Å²) in [5.41, 5.74) is 0.318. The first-order valence-corrected chi connectivity index (χ1v) is 5.30. The molecule has 2 N–H and O–H groups in total. The van der Waals surface area contributed by atoms with Crippen molar-refractivity contribution in [3.05, 3.63) is 12.4 Å². The van der Waals surface area contributed by atoms with E-state index in [1.807, 2.05) is 4.31 Å². The highest BCUT2D eigenvalue weighted by Crippen LogP contribution is 2.23. The fraction of sp³-hybridized carbons (Fsp3) is 0.429. The van der Waals surface area contributed by atoms with Crippen molar-refractivity contribution >= 4 is 30.5 Å². The van der Waals surface area contributed by atoms with Crippen molar-refractivity contribution in [2.75, 3.05) is 16.6 Å². The Bertz CT molecular complexity index is 302. The zero-order chi connectivity index (χ0) is 9.97. The summed E-state index contributed by atoms with van der Waals surface area (Å²) in [5.74, 6) is 1.73. The quantitative estimate of drug-likeness (QED) is 0.483. The molecule has 1 aliphatic rings. The minimum Gasteiger partial charge on any atom is -0.423 e. The summed E-state index contributed by atoms with van der Waals surface area (Å²) < 4.78 is 2.01. The number of rotatable bonds is 2. The molecule has 74 valence electrons. The van der Waals surface area contributed by atoms with Crippen LogP contribution < -0.4 is 9.77 Å². The molecular weight excluding hydrogens is 201 g/mol. The minimum atomic E-state index is -1.49. The second-order valence-electron chi connectivity index (χ2n) is 2.98. The molecule has 0 amide bonds. The monoisotopic (exact) mass is 211 g/mol. The van der Waals surface area contributed by atoms with Crippen molar-refractivity contribution in [1.29, 1.82) is 0 Å². The Kier molecular flexibility index (Phi) is 2.90. The molecule has 2 heterocycles. The van der Waals surface area contributed by atoms with Crippen LogP contribution in [-0.4, -0.2) is 39.4 Å². The summed E-state index contributed by atoms with van der Waals surface area (Å²) >= 11 is 1.69. The Hall–Kier alpha value is -0.785. The predicted octanol–water partition coefficient (Wildman–Crippen LogP) is -0.985. The van der Waals surface area contributed by atoms with Gasteiger partial charge in [-0.2, -0.15) is 0 Å². The Morgan fingerprint density at radius 2 is 2.07 bits per heavy atom. The lowest BCUT2D eigenvalue weighted by Gasteiger charge is -2.12. The maximum Gasteiger partial charge on any atom is 0.491 e. The van der Waals surface area contributed by atoms with Gasteiger partial charge in [0.1, 0.15) is 0 Å². The van der Waals surface area contributed by atoms with Gasteiger partial charge in [0.05, 0.1) is 0 Å². The smallest absolute Gasteiger partial charge is 0.423 e. The molecule has 7 heteroatoms. The van der Waals surface area contributed by atoms with Crippen molar-refractivity contribution < 1.29 is 10.0 Å². The number of hydrogen-bond acceptors (Lipinski definition) is 6. The summed E-state index contributed by atoms with van der Waals surface area (Å²) in [6.07, 6.45) is 4.01. The normalized spacial score (nSPS) is 16.0. The average molecular weight is 211 g/mol. The molecule has 1 aromatic rings. The molecule has 5 nitrogen and oxygen atoms in total. The van der Waals surface area contributed by atoms with E-state index in [-0.39, 0.29) is 0 Å². The van der Waals surface area contributed by atoms with Crippen LogP contribution in [0.5, 0.6) is 0 Å². The van der Waals surface area contributed by atoms with E-state index < -0.39 is 7.12 Å². The summed E-state index contributed by atoms with van der Waals surface area (Å²) in [6, 6.07) is 0. The number of hydrogen-bond donors (Lipinski definition) is 2. The van der Waals surface area contributed by atoms with Gasteiger partial charge < -0.3 is 10.0 Å². The van der Waals surface area contributed by atoms with Crippen molar-refractivity contribution in [3.8, 4) is 0 Å². The van der Waals surface area contributed by atoms with Crippen LogP contribution in [0, 0.1) is 0 Å². The Labute approximate surface area is 86.5 Å². The highest BCUT2D eigenvalue weighted by molar-refractivity contribution is 8.00. The van der Waals surface area contributed by atoms with Crippen molar-refractivity contribution in [2.24, 2.45) is 0 Å². The van der Waals surface area contributed by atoms with Crippen LogP contribution in [0.2, 0.25) is 0 Å². The van der Waals surface area contributed by atoms with Crippen LogP contribution in [0.25, 0.3) is 0 Å². The maximum absolute atomic E-state index is 8.84. The van der Waals surface area contributed by atoms with Gasteiger partial charge in [-0.25, -0.2) is 9.97 Å². The second kappa shape index (κ2) is 4.16. The molecule has 0 atom stereocenters. The molecule has 0 bridgehead atoms. The maximum atomic E-state index is 8.84. The van der Waals surface area contributed by atoms with Crippen molar-refractivity contribution in [2.45, 2.75) is 6.42 Å². The van der Waals surface area contributed by atoms with Gasteiger partial charge in [0.15, 0.2) is 0 Å². The van der Waals surface area contributed by atoms with Crippen LogP contribution in [0.4, 0.5) is 5.95 Å². The molecule has 0 spiro atoms. The van der Waals surface area contributed by atoms with Gasteiger partial charge in [-0.1, -0.05) is 0 Å². The molecule has 2 rings (SSSR count). The van der Waals surface area contributed by atoms with Crippen LogP contribution in [0.3, 0.4) is 0 Å². The molecule has 0 saturated carbocycles. The first-order valence-electron chi connectivity index (χ1n) is 4.36. The van der Waals surface area contributed by atoms with E-state index in [9.17, 15) is 0 Å². The Morgan fingerprint density at radius 3 is 2.57 bits per heavy atom. The van der Waals surface area contributed by atoms with Gasteiger partial charge in [0.2, 0.25) is 5.95 Å². The third-order valence-corrected chi connectivity index (χ3v) is 3.06. The third kappa shape index (κ3) is 2.00. The fourth-order valence-corrected chi connectivity index (χ4v) is 2.15. The zero-order valence-corrected chi connectivity index (χ0v) is 8.31. The standard InChI is InChI=1S/C7H10BN3O2S/c12-8(13)6-4-9-7(10-5-6)11-2-1-3-14-11/h4-5,12-13H,1-3H2. The molecule has 1 saturated heterocycles. The van der Waals surface area contributed by atoms with E-state index in [2.05, 4.69) is 9.97 Å². The minimum absolute atomic E-state index is 0.318. The second-order valence-corrected chi connectivity index (χ2v) is 4.09. The highest BCUT2D eigenvalue weighted by atomic mass is 32.2. The largest absolute Gasteiger partial charge is 0.491 e. The summed E-state index contributed by atoms with van der Waals surface area (Å²) in [7, 11) is -1.49. The van der Waals surface area contributed by atoms with Crippen LogP contribution in [0.15, 0.2) is 12.4 Å². The van der Waals surface area contributed by atoms with Gasteiger partial charge in [-0.05, 0) is 18.4 Å². The molecule has 0 unspecified atom stereocenters. The lowest BCUT2D eigenvalue weighted by atomic mass is 9.83. The zero-order valence-electron chi connectivity index (χ0n) is 7.50. The first-order chi connectivity index (χ1) is 6.77. The Balaban J connectivity index is 2.12. The summed E-state index contributed by atoms with van der Waals surface area (Å²) in [6.45, 7) is 0.950. The Morgan fingerprint density at radius 1 is 1.36 bits per heavy atom. The van der Waals surface area contributed by atoms with E-state index in [1.54, 1.807) is 11.9 Å². The van der Waals surface area contributed by atoms with E-state index in [1.165, 1.54) is 12.4 Å². The summed E-state index contributed by atoms with van der Waals surface area (Å²) in [4.78, 5) is 8.11. The molecular formula is C7H10BN3O2S. The van der Waals surface area contributed by atoms with Crippen molar-refractivity contribution in [1.82, 2.24) is 9.97 Å². The van der Waals surface area contributed by atoms with Gasteiger partial charge in [-0.3, -0.25) is 4.31 Å². The topological polar surface area (TPSA) is 69.5 Å². The third-order valence-electron chi connectivity index (χ3n) is 1.93. The average Bonchev–Trinajstić information content (AvgIpc) is 2.71. The molecule has 1 aliphatic heterocycles. The fourth-order valence-electron chi connectivity index (χ4n) is 1.20. The molecule has 0 aromatic carbocycles. The van der Waals surface area contributed by atoms with Gasteiger partial charge in [0.25, 0.3) is 0 Å². The molecule has 0 aliphatic carbocycles. The van der Waals surface area contributed by atoms with E-state index in [4.69, 9.17) is 10.0 Å². The lowest BCUT2D eigenvalue weighted by molar-refractivity contribution is 0.425. The van der Waals surface area contributed by atoms with Crippen LogP contribution >= 0.6 is 11.9 Å². The van der Waals surface area contributed by atoms with E-state index in [0.717, 1.165) is 18.7 Å². The van der Waals surface area contributed by atoms with Crippen molar-refractivity contribution in [3.63, 3.8) is 0 Å². The highest BCUT2D eigenvalue weighted by Gasteiger charge is 2.17. The molecule has 0 radical (unpaired) electrons. The number of anilines is 1. The molecule has 14 heavy (non-hydrogen) atoms. The van der Waals surface area contributed by atoms with Crippen LogP contribution in [-0.2, 0) is 0 Å². The van der Waals surface area contributed by atoms with Gasteiger partial charge in [0, 0.05) is 30.2 Å². The summed E-state index contributed by atoms with van der Waals surface area (Å²) in [5, 5.41) is 17.7. The molecule has 1 fully saturated rings. The van der Waals surface area contributed by atoms with Crippen LogP contribution in [0.1, 0.15) is 6.42 Å². The lowest BCUT2D eigenvalue weighted by Crippen LogP contribution is -2.31. The van der Waals surface area contributed by atoms with Gasteiger partial charge in [-0.15, -0.1) is 0 Å². The predicted molar refractivity (Wildman–Crippen MR) is 56.3 cm³/mol.